The Bertz CT molecular complexity index is 928. The van der Waals surface area contributed by atoms with Crippen LogP contribution in [-0.4, -0.2) is 43.8 Å². The Labute approximate surface area is 159 Å². The number of morpholine rings is 1. The molecule has 1 atom stereocenters. The van der Waals surface area contributed by atoms with Gasteiger partial charge in [0, 0.05) is 36.8 Å². The van der Waals surface area contributed by atoms with Gasteiger partial charge in [-0.05, 0) is 17.5 Å². The van der Waals surface area contributed by atoms with Crippen molar-refractivity contribution < 1.29 is 14.2 Å². The lowest BCUT2D eigenvalue weighted by Gasteiger charge is -2.33. The number of hydrogen-bond acceptors (Lipinski definition) is 5. The number of hydrogen-bond donors (Lipinski definition) is 0. The summed E-state index contributed by atoms with van der Waals surface area (Å²) in [5, 5.41) is 2.34. The number of para-hydroxylation sites is 1. The summed E-state index contributed by atoms with van der Waals surface area (Å²) in [6.07, 6.45) is 1.90. The third kappa shape index (κ3) is 3.75. The molecule has 5 nitrogen and oxygen atoms in total. The van der Waals surface area contributed by atoms with Crippen LogP contribution in [0.2, 0.25) is 0 Å². The van der Waals surface area contributed by atoms with Crippen molar-refractivity contribution in [3.63, 3.8) is 0 Å². The van der Waals surface area contributed by atoms with Crippen molar-refractivity contribution in [1.82, 2.24) is 9.88 Å². The van der Waals surface area contributed by atoms with E-state index in [1.807, 2.05) is 24.4 Å². The molecule has 1 aliphatic heterocycles. The van der Waals surface area contributed by atoms with Gasteiger partial charge in [0.25, 0.3) is 0 Å². The molecule has 1 aromatic heterocycles. The van der Waals surface area contributed by atoms with E-state index in [2.05, 4.69) is 40.2 Å². The predicted molar refractivity (Wildman–Crippen MR) is 105 cm³/mol. The predicted octanol–water partition coefficient (Wildman–Crippen LogP) is 3.83. The maximum atomic E-state index is 6.02. The number of pyridine rings is 1. The first kappa shape index (κ1) is 17.8. The van der Waals surface area contributed by atoms with E-state index in [4.69, 9.17) is 14.2 Å². The van der Waals surface area contributed by atoms with Gasteiger partial charge < -0.3 is 14.2 Å². The van der Waals surface area contributed by atoms with Crippen molar-refractivity contribution in [3.8, 4) is 11.5 Å². The molecule has 1 aliphatic rings. The van der Waals surface area contributed by atoms with Crippen LogP contribution in [-0.2, 0) is 11.3 Å². The van der Waals surface area contributed by atoms with Crippen molar-refractivity contribution in [3.05, 3.63) is 66.0 Å². The lowest BCUT2D eigenvalue weighted by atomic mass is 10.1. The molecule has 0 saturated carbocycles. The first-order valence-electron chi connectivity index (χ1n) is 9.17. The molecule has 2 aromatic carbocycles. The van der Waals surface area contributed by atoms with E-state index in [9.17, 15) is 0 Å². The number of benzene rings is 2. The van der Waals surface area contributed by atoms with Crippen molar-refractivity contribution in [2.24, 2.45) is 0 Å². The molecule has 0 N–H and O–H groups in total. The third-order valence-electron chi connectivity index (χ3n) is 5.01. The van der Waals surface area contributed by atoms with E-state index >= 15 is 0 Å². The summed E-state index contributed by atoms with van der Waals surface area (Å²) in [7, 11) is 3.35. The minimum absolute atomic E-state index is 0.0278. The fourth-order valence-electron chi connectivity index (χ4n) is 3.62. The number of rotatable bonds is 5. The van der Waals surface area contributed by atoms with Crippen LogP contribution in [0.3, 0.4) is 0 Å². The first-order valence-corrected chi connectivity index (χ1v) is 9.17. The molecule has 1 saturated heterocycles. The highest BCUT2D eigenvalue weighted by molar-refractivity contribution is 5.81. The third-order valence-corrected chi connectivity index (χ3v) is 5.01. The maximum Gasteiger partial charge on any atom is 0.165 e. The van der Waals surface area contributed by atoms with Gasteiger partial charge in [0.1, 0.15) is 6.10 Å². The minimum atomic E-state index is -0.0278. The Morgan fingerprint density at radius 1 is 1.07 bits per heavy atom. The van der Waals surface area contributed by atoms with Gasteiger partial charge in [-0.15, -0.1) is 0 Å². The Morgan fingerprint density at radius 2 is 1.93 bits per heavy atom. The second-order valence-corrected chi connectivity index (χ2v) is 6.70. The molecule has 0 spiro atoms. The molecule has 0 unspecified atom stereocenters. The standard InChI is InChI=1S/C22H24N2O3/c1-25-20-9-5-8-18(22(20)26-2)14-24-10-11-27-21(15-24)19-12-16-6-3-4-7-17(16)13-23-19/h3-9,12-13,21H,10-11,14-15H2,1-2H3/t21-/m0/s1. The molecule has 5 heteroatoms. The summed E-state index contributed by atoms with van der Waals surface area (Å²) < 4.78 is 17.0. The number of fused-ring (bicyclic) bond motifs is 1. The topological polar surface area (TPSA) is 43.8 Å². The normalized spacial score (nSPS) is 17.8. The van der Waals surface area contributed by atoms with Crippen molar-refractivity contribution >= 4 is 10.8 Å². The largest absolute Gasteiger partial charge is 0.493 e. The van der Waals surface area contributed by atoms with Crippen LogP contribution in [0.15, 0.2) is 54.7 Å². The fraction of sp³-hybridized carbons (Fsp3) is 0.318. The van der Waals surface area contributed by atoms with Gasteiger partial charge in [0.2, 0.25) is 0 Å². The summed E-state index contributed by atoms with van der Waals surface area (Å²) >= 11 is 0. The van der Waals surface area contributed by atoms with E-state index < -0.39 is 0 Å². The highest BCUT2D eigenvalue weighted by Crippen LogP contribution is 2.32. The highest BCUT2D eigenvalue weighted by Gasteiger charge is 2.24. The van der Waals surface area contributed by atoms with Gasteiger partial charge >= 0.3 is 0 Å². The van der Waals surface area contributed by atoms with Crippen LogP contribution in [0.5, 0.6) is 11.5 Å². The van der Waals surface area contributed by atoms with Crippen molar-refractivity contribution in [1.29, 1.82) is 0 Å². The van der Waals surface area contributed by atoms with Crippen LogP contribution in [0.1, 0.15) is 17.4 Å². The second kappa shape index (κ2) is 7.94. The number of aromatic nitrogens is 1. The van der Waals surface area contributed by atoms with E-state index in [0.717, 1.165) is 47.8 Å². The van der Waals surface area contributed by atoms with Gasteiger partial charge in [-0.1, -0.05) is 36.4 Å². The van der Waals surface area contributed by atoms with Crippen LogP contribution in [0.4, 0.5) is 0 Å². The molecule has 140 valence electrons. The average Bonchev–Trinajstić information content (AvgIpc) is 2.73. The van der Waals surface area contributed by atoms with Crippen molar-refractivity contribution in [2.75, 3.05) is 33.9 Å². The molecule has 1 fully saturated rings. The zero-order valence-corrected chi connectivity index (χ0v) is 15.7. The lowest BCUT2D eigenvalue weighted by Crippen LogP contribution is -2.38. The first-order chi connectivity index (χ1) is 13.3. The van der Waals surface area contributed by atoms with E-state index in [1.54, 1.807) is 14.2 Å². The highest BCUT2D eigenvalue weighted by atomic mass is 16.5. The summed E-state index contributed by atoms with van der Waals surface area (Å²) in [4.78, 5) is 7.01. The second-order valence-electron chi connectivity index (χ2n) is 6.70. The van der Waals surface area contributed by atoms with Crippen molar-refractivity contribution in [2.45, 2.75) is 12.6 Å². The average molecular weight is 364 g/mol. The van der Waals surface area contributed by atoms with Crippen LogP contribution in [0.25, 0.3) is 10.8 Å². The van der Waals surface area contributed by atoms with Gasteiger partial charge in [-0.25, -0.2) is 0 Å². The van der Waals surface area contributed by atoms with Gasteiger partial charge in [0.15, 0.2) is 11.5 Å². The van der Waals surface area contributed by atoms with E-state index in [-0.39, 0.29) is 6.10 Å². The monoisotopic (exact) mass is 364 g/mol. The summed E-state index contributed by atoms with van der Waals surface area (Å²) in [6, 6.07) is 16.4. The molecule has 27 heavy (non-hydrogen) atoms. The molecular weight excluding hydrogens is 340 g/mol. The van der Waals surface area contributed by atoms with Crippen LogP contribution in [0, 0.1) is 0 Å². The van der Waals surface area contributed by atoms with Gasteiger partial charge in [0.05, 0.1) is 26.5 Å². The number of methoxy groups -OCH3 is 2. The number of ether oxygens (including phenoxy) is 3. The summed E-state index contributed by atoms with van der Waals surface area (Å²) in [5.74, 6) is 1.56. The Hall–Kier alpha value is -2.63. The fourth-order valence-corrected chi connectivity index (χ4v) is 3.62. The molecule has 2 heterocycles. The number of nitrogens with zero attached hydrogens (tertiary/aromatic N) is 2. The molecule has 0 aliphatic carbocycles. The van der Waals surface area contributed by atoms with E-state index in [0.29, 0.717) is 6.61 Å². The molecule has 4 rings (SSSR count). The lowest BCUT2D eigenvalue weighted by molar-refractivity contribution is -0.0351. The summed E-state index contributed by atoms with van der Waals surface area (Å²) in [6.45, 7) is 3.15. The maximum absolute atomic E-state index is 6.02. The Kier molecular flexibility index (Phi) is 5.23. The summed E-state index contributed by atoms with van der Waals surface area (Å²) in [5.41, 5.74) is 2.10. The Morgan fingerprint density at radius 3 is 2.74 bits per heavy atom. The van der Waals surface area contributed by atoms with E-state index in [1.165, 1.54) is 5.39 Å². The zero-order valence-electron chi connectivity index (χ0n) is 15.7. The minimum Gasteiger partial charge on any atom is -0.493 e. The Balaban J connectivity index is 1.53. The zero-order chi connectivity index (χ0) is 18.6. The van der Waals surface area contributed by atoms with Gasteiger partial charge in [-0.2, -0.15) is 0 Å². The SMILES string of the molecule is COc1cccc(CN2CCO[C@H](c3cc4ccccc4cn3)C2)c1OC. The quantitative estimate of drug-likeness (QED) is 0.688. The van der Waals surface area contributed by atoms with Crippen LogP contribution < -0.4 is 9.47 Å². The smallest absolute Gasteiger partial charge is 0.165 e. The molecular formula is C22H24N2O3. The molecule has 0 amide bonds. The molecule has 0 radical (unpaired) electrons. The van der Waals surface area contributed by atoms with Gasteiger partial charge in [-0.3, -0.25) is 9.88 Å². The van der Waals surface area contributed by atoms with Crippen LogP contribution >= 0.6 is 0 Å². The molecule has 0 bridgehead atoms. The molecule has 3 aromatic rings.